The van der Waals surface area contributed by atoms with Crippen LogP contribution in [0.15, 0.2) is 66.7 Å². The van der Waals surface area contributed by atoms with Crippen molar-refractivity contribution >= 4 is 6.09 Å². The molecule has 144 valence electrons. The summed E-state index contributed by atoms with van der Waals surface area (Å²) >= 11 is 0. The van der Waals surface area contributed by atoms with Gasteiger partial charge in [0, 0.05) is 12.0 Å². The van der Waals surface area contributed by atoms with Gasteiger partial charge in [-0.25, -0.2) is 9.18 Å². The second-order valence-electron chi connectivity index (χ2n) is 6.64. The van der Waals surface area contributed by atoms with Gasteiger partial charge in [-0.2, -0.15) is 0 Å². The fourth-order valence-corrected chi connectivity index (χ4v) is 3.52. The van der Waals surface area contributed by atoms with E-state index in [4.69, 9.17) is 4.74 Å². The van der Waals surface area contributed by atoms with Gasteiger partial charge in [-0.3, -0.25) is 0 Å². The monoisotopic (exact) mass is 387 g/mol. The van der Waals surface area contributed by atoms with Crippen LogP contribution in [-0.2, 0) is 4.74 Å². The molecule has 0 spiro atoms. The average molecular weight is 387 g/mol. The fraction of sp³-hybridized carbons (Fsp3) is 0.125. The van der Waals surface area contributed by atoms with Gasteiger partial charge in [0.05, 0.1) is 12.1 Å². The van der Waals surface area contributed by atoms with Gasteiger partial charge in [0.1, 0.15) is 18.2 Å². The molecule has 0 heterocycles. The molecule has 0 aliphatic heterocycles. The summed E-state index contributed by atoms with van der Waals surface area (Å²) in [4.78, 5) is 12.0. The van der Waals surface area contributed by atoms with Crippen molar-refractivity contribution in [3.63, 3.8) is 0 Å². The molecular formula is C24H18FNO3. The molecule has 4 nitrogen and oxygen atoms in total. The van der Waals surface area contributed by atoms with Crippen LogP contribution in [0.1, 0.15) is 22.6 Å². The molecule has 0 fully saturated rings. The predicted molar refractivity (Wildman–Crippen MR) is 108 cm³/mol. The Kier molecular flexibility index (Phi) is 5.17. The van der Waals surface area contributed by atoms with Crippen LogP contribution in [0.4, 0.5) is 9.18 Å². The van der Waals surface area contributed by atoms with E-state index in [1.165, 1.54) is 23.3 Å². The third-order valence-corrected chi connectivity index (χ3v) is 4.85. The molecule has 5 heteroatoms. The summed E-state index contributed by atoms with van der Waals surface area (Å²) in [6.45, 7) is 0.277. The van der Waals surface area contributed by atoms with Crippen molar-refractivity contribution in [3.8, 4) is 28.7 Å². The normalized spacial score (nSPS) is 11.8. The summed E-state index contributed by atoms with van der Waals surface area (Å²) in [6.07, 6.45) is -0.565. The number of benzene rings is 3. The van der Waals surface area contributed by atoms with E-state index in [2.05, 4.69) is 41.4 Å². The summed E-state index contributed by atoms with van der Waals surface area (Å²) in [5.41, 5.74) is 4.92. The summed E-state index contributed by atoms with van der Waals surface area (Å²) < 4.78 is 18.4. The van der Waals surface area contributed by atoms with Crippen molar-refractivity contribution in [1.82, 2.24) is 5.32 Å². The number of halogens is 1. The van der Waals surface area contributed by atoms with Gasteiger partial charge in [-0.05, 0) is 34.4 Å². The van der Waals surface area contributed by atoms with E-state index in [1.54, 1.807) is 0 Å². The van der Waals surface area contributed by atoms with Gasteiger partial charge >= 0.3 is 6.09 Å². The number of aromatic hydroxyl groups is 1. The lowest BCUT2D eigenvalue weighted by Crippen LogP contribution is -2.26. The number of hydrogen-bond acceptors (Lipinski definition) is 3. The summed E-state index contributed by atoms with van der Waals surface area (Å²) in [5.74, 6) is 4.61. The molecule has 0 saturated heterocycles. The van der Waals surface area contributed by atoms with Gasteiger partial charge in [0.15, 0.2) is 0 Å². The lowest BCUT2D eigenvalue weighted by atomic mass is 9.98. The Balaban J connectivity index is 1.35. The highest BCUT2D eigenvalue weighted by Gasteiger charge is 2.28. The zero-order valence-electron chi connectivity index (χ0n) is 15.5. The summed E-state index contributed by atoms with van der Waals surface area (Å²) in [5, 5.41) is 12.2. The maximum Gasteiger partial charge on any atom is 0.407 e. The van der Waals surface area contributed by atoms with Gasteiger partial charge < -0.3 is 15.2 Å². The number of hydrogen-bond donors (Lipinski definition) is 2. The first-order chi connectivity index (χ1) is 14.1. The van der Waals surface area contributed by atoms with Crippen LogP contribution in [0.5, 0.6) is 5.75 Å². The number of phenols is 1. The molecule has 0 atom stereocenters. The Morgan fingerprint density at radius 3 is 2.34 bits per heavy atom. The largest absolute Gasteiger partial charge is 0.507 e. The number of amides is 1. The highest BCUT2D eigenvalue weighted by atomic mass is 19.1. The highest BCUT2D eigenvalue weighted by Crippen LogP contribution is 2.44. The molecule has 0 aromatic heterocycles. The Labute approximate surface area is 168 Å². The molecule has 4 rings (SSSR count). The lowest BCUT2D eigenvalue weighted by Gasteiger charge is -2.14. The second kappa shape index (κ2) is 8.07. The number of carbonyl (C=O) groups excluding carboxylic acids is 1. The Hall–Kier alpha value is -3.78. The van der Waals surface area contributed by atoms with E-state index in [0.717, 1.165) is 17.2 Å². The standard InChI is InChI=1S/C24H18FNO3/c25-17-12-11-16(23(27)14-17)6-5-13-26-24(28)29-15-22-20-9-3-1-7-18(20)19-8-2-4-10-21(19)22/h1-4,7-12,14,22,27H,13,15H2,(H,26,28). The van der Waals surface area contributed by atoms with Crippen LogP contribution < -0.4 is 5.32 Å². The van der Waals surface area contributed by atoms with Crippen LogP contribution in [0.3, 0.4) is 0 Å². The maximum absolute atomic E-state index is 13.0. The van der Waals surface area contributed by atoms with Crippen molar-refractivity contribution < 1.29 is 19.0 Å². The quantitative estimate of drug-likeness (QED) is 0.654. The number of ether oxygens (including phenoxy) is 1. The molecule has 0 unspecified atom stereocenters. The average Bonchev–Trinajstić information content (AvgIpc) is 3.05. The fourth-order valence-electron chi connectivity index (χ4n) is 3.52. The van der Waals surface area contributed by atoms with Crippen molar-refractivity contribution in [3.05, 3.63) is 89.2 Å². The molecule has 29 heavy (non-hydrogen) atoms. The number of rotatable bonds is 3. The van der Waals surface area contributed by atoms with Crippen molar-refractivity contribution in [1.29, 1.82) is 0 Å². The first-order valence-corrected chi connectivity index (χ1v) is 9.19. The Bertz CT molecular complexity index is 1080. The molecule has 1 aliphatic carbocycles. The van der Waals surface area contributed by atoms with E-state index in [9.17, 15) is 14.3 Å². The molecular weight excluding hydrogens is 369 g/mol. The molecule has 0 radical (unpaired) electrons. The Morgan fingerprint density at radius 2 is 1.69 bits per heavy atom. The number of fused-ring (bicyclic) bond motifs is 3. The van der Waals surface area contributed by atoms with Crippen molar-refractivity contribution in [2.75, 3.05) is 13.2 Å². The van der Waals surface area contributed by atoms with Crippen LogP contribution >= 0.6 is 0 Å². The number of alkyl carbamates (subject to hydrolysis) is 1. The maximum atomic E-state index is 13.0. The molecule has 3 aromatic rings. The van der Waals surface area contributed by atoms with Gasteiger partial charge in [0.2, 0.25) is 0 Å². The van der Waals surface area contributed by atoms with Crippen LogP contribution in [0, 0.1) is 17.7 Å². The van der Waals surface area contributed by atoms with Gasteiger partial charge in [-0.15, -0.1) is 0 Å². The van der Waals surface area contributed by atoms with E-state index in [-0.39, 0.29) is 24.8 Å². The van der Waals surface area contributed by atoms with Gasteiger partial charge in [-0.1, -0.05) is 60.4 Å². The number of phenolic OH excluding ortho intramolecular Hbond substituents is 1. The first-order valence-electron chi connectivity index (χ1n) is 9.19. The molecule has 1 aliphatic rings. The minimum absolute atomic E-state index is 0.00426. The van der Waals surface area contributed by atoms with Crippen molar-refractivity contribution in [2.45, 2.75) is 5.92 Å². The zero-order chi connectivity index (χ0) is 20.2. The van der Waals surface area contributed by atoms with E-state index in [0.29, 0.717) is 5.56 Å². The molecule has 0 bridgehead atoms. The van der Waals surface area contributed by atoms with Crippen LogP contribution in [0.2, 0.25) is 0 Å². The SMILES string of the molecule is O=C(NCC#Cc1ccc(F)cc1O)OCC1c2ccccc2-c2ccccc21. The molecule has 2 N–H and O–H groups in total. The highest BCUT2D eigenvalue weighted by molar-refractivity contribution is 5.79. The first kappa shape index (κ1) is 18.6. The third kappa shape index (κ3) is 3.92. The summed E-state index contributed by atoms with van der Waals surface area (Å²) in [6, 6.07) is 19.8. The van der Waals surface area contributed by atoms with E-state index < -0.39 is 11.9 Å². The Morgan fingerprint density at radius 1 is 1.03 bits per heavy atom. The topological polar surface area (TPSA) is 58.6 Å². The minimum Gasteiger partial charge on any atom is -0.507 e. The third-order valence-electron chi connectivity index (χ3n) is 4.85. The van der Waals surface area contributed by atoms with E-state index in [1.807, 2.05) is 24.3 Å². The zero-order valence-corrected chi connectivity index (χ0v) is 15.5. The molecule has 0 saturated carbocycles. The number of carbonyl (C=O) groups is 1. The summed E-state index contributed by atoms with van der Waals surface area (Å²) in [7, 11) is 0. The minimum atomic E-state index is -0.565. The van der Waals surface area contributed by atoms with Crippen molar-refractivity contribution in [2.24, 2.45) is 0 Å². The van der Waals surface area contributed by atoms with Gasteiger partial charge in [0.25, 0.3) is 0 Å². The van der Waals surface area contributed by atoms with E-state index >= 15 is 0 Å². The smallest absolute Gasteiger partial charge is 0.407 e. The molecule has 1 amide bonds. The molecule has 3 aromatic carbocycles. The lowest BCUT2D eigenvalue weighted by molar-refractivity contribution is 0.144. The number of nitrogens with one attached hydrogen (secondary N) is 1. The van der Waals surface area contributed by atoms with Crippen LogP contribution in [0.25, 0.3) is 11.1 Å². The second-order valence-corrected chi connectivity index (χ2v) is 6.64. The van der Waals surface area contributed by atoms with Crippen LogP contribution in [-0.4, -0.2) is 24.4 Å². The predicted octanol–water partition coefficient (Wildman–Crippen LogP) is 4.42.